The van der Waals surface area contributed by atoms with Gasteiger partial charge in [0.05, 0.1) is 18.2 Å². The Hall–Kier alpha value is -4.26. The van der Waals surface area contributed by atoms with Gasteiger partial charge in [-0.2, -0.15) is 4.98 Å². The van der Waals surface area contributed by atoms with E-state index in [1.807, 2.05) is 67.6 Å². The van der Waals surface area contributed by atoms with Crippen molar-refractivity contribution in [2.45, 2.75) is 19.5 Å². The smallest absolute Gasteiger partial charge is 0.322 e. The second kappa shape index (κ2) is 8.70. The van der Waals surface area contributed by atoms with Gasteiger partial charge < -0.3 is 9.84 Å². The number of hydrogen-bond donors (Lipinski definition) is 1. The molecule has 0 fully saturated rings. The van der Waals surface area contributed by atoms with E-state index in [0.29, 0.717) is 23.4 Å². The van der Waals surface area contributed by atoms with E-state index in [-0.39, 0.29) is 23.6 Å². The van der Waals surface area contributed by atoms with Crippen molar-refractivity contribution in [2.24, 2.45) is 0 Å². The summed E-state index contributed by atoms with van der Waals surface area (Å²) in [5, 5.41) is 7.16. The molecule has 1 aliphatic heterocycles. The SMILES string of the molecule is CC1=C(c2nc(-c3cccc(F)c3)no2)C(c2ccccc2)NC(=O)N1Cc1ccccc1. The van der Waals surface area contributed by atoms with Gasteiger partial charge in [0.1, 0.15) is 5.82 Å². The summed E-state index contributed by atoms with van der Waals surface area (Å²) < 4.78 is 19.3. The predicted molar refractivity (Wildman–Crippen MR) is 122 cm³/mol. The molecule has 4 aromatic rings. The number of nitrogens with zero attached hydrogens (tertiary/aromatic N) is 3. The van der Waals surface area contributed by atoms with Crippen molar-refractivity contribution in [1.82, 2.24) is 20.4 Å². The number of benzene rings is 3. The highest BCUT2D eigenvalue weighted by atomic mass is 19.1. The lowest BCUT2D eigenvalue weighted by Crippen LogP contribution is -2.45. The Morgan fingerprint density at radius 2 is 1.73 bits per heavy atom. The molecule has 1 N–H and O–H groups in total. The molecular weight excluding hydrogens is 419 g/mol. The number of carbonyl (C=O) groups is 1. The maximum absolute atomic E-state index is 13.7. The van der Waals surface area contributed by atoms with E-state index in [0.717, 1.165) is 11.1 Å². The van der Waals surface area contributed by atoms with Crippen LogP contribution >= 0.6 is 0 Å². The molecule has 0 spiro atoms. The Labute approximate surface area is 190 Å². The molecule has 2 amide bonds. The molecule has 6 nitrogen and oxygen atoms in total. The number of allylic oxidation sites excluding steroid dienone is 1. The number of rotatable bonds is 5. The summed E-state index contributed by atoms with van der Waals surface area (Å²) in [5.41, 5.74) is 3.82. The maximum atomic E-state index is 13.7. The number of halogens is 1. The highest BCUT2D eigenvalue weighted by Gasteiger charge is 2.35. The first-order valence-corrected chi connectivity index (χ1v) is 10.6. The van der Waals surface area contributed by atoms with E-state index in [2.05, 4.69) is 15.5 Å². The molecular formula is C26H21FN4O2. The minimum absolute atomic E-state index is 0.209. The Bertz CT molecular complexity index is 1320. The monoisotopic (exact) mass is 440 g/mol. The molecule has 1 aliphatic rings. The lowest BCUT2D eigenvalue weighted by atomic mass is 9.94. The van der Waals surface area contributed by atoms with E-state index in [1.165, 1.54) is 12.1 Å². The summed E-state index contributed by atoms with van der Waals surface area (Å²) in [6, 6.07) is 24.7. The van der Waals surface area contributed by atoms with Gasteiger partial charge in [-0.1, -0.05) is 78.0 Å². The van der Waals surface area contributed by atoms with Gasteiger partial charge in [0.25, 0.3) is 5.89 Å². The summed E-state index contributed by atoms with van der Waals surface area (Å²) >= 11 is 0. The van der Waals surface area contributed by atoms with Crippen LogP contribution in [0.5, 0.6) is 0 Å². The fraction of sp³-hybridized carbons (Fsp3) is 0.115. The molecule has 1 unspecified atom stereocenters. The van der Waals surface area contributed by atoms with Crippen molar-refractivity contribution in [1.29, 1.82) is 0 Å². The zero-order chi connectivity index (χ0) is 22.8. The highest BCUT2D eigenvalue weighted by molar-refractivity contribution is 5.86. The van der Waals surface area contributed by atoms with E-state index in [9.17, 15) is 9.18 Å². The van der Waals surface area contributed by atoms with E-state index >= 15 is 0 Å². The molecule has 1 aromatic heterocycles. The minimum atomic E-state index is -0.466. The van der Waals surface area contributed by atoms with Crippen LogP contribution in [0.25, 0.3) is 17.0 Å². The van der Waals surface area contributed by atoms with Crippen molar-refractivity contribution in [3.05, 3.63) is 113 Å². The van der Waals surface area contributed by atoms with Gasteiger partial charge in [-0.3, -0.25) is 4.90 Å². The zero-order valence-corrected chi connectivity index (χ0v) is 17.9. The van der Waals surface area contributed by atoms with Crippen LogP contribution in [0, 0.1) is 5.82 Å². The lowest BCUT2D eigenvalue weighted by molar-refractivity contribution is 0.203. The van der Waals surface area contributed by atoms with Crippen molar-refractivity contribution in [2.75, 3.05) is 0 Å². The normalized spacial score (nSPS) is 16.1. The summed E-state index contributed by atoms with van der Waals surface area (Å²) in [5.74, 6) is 0.178. The molecule has 2 heterocycles. The van der Waals surface area contributed by atoms with Crippen molar-refractivity contribution < 1.29 is 13.7 Å². The Morgan fingerprint density at radius 3 is 2.45 bits per heavy atom. The van der Waals surface area contributed by atoms with Crippen LogP contribution in [0.1, 0.15) is 30.0 Å². The van der Waals surface area contributed by atoms with Crippen molar-refractivity contribution >= 4 is 11.6 Å². The molecule has 0 radical (unpaired) electrons. The van der Waals surface area contributed by atoms with E-state index in [1.54, 1.807) is 17.0 Å². The first-order valence-electron chi connectivity index (χ1n) is 10.6. The second-order valence-corrected chi connectivity index (χ2v) is 7.80. The van der Waals surface area contributed by atoms with E-state index in [4.69, 9.17) is 4.52 Å². The number of urea groups is 1. The molecule has 0 saturated carbocycles. The molecule has 0 saturated heterocycles. The first-order chi connectivity index (χ1) is 16.1. The summed E-state index contributed by atoms with van der Waals surface area (Å²) in [4.78, 5) is 19.3. The second-order valence-electron chi connectivity index (χ2n) is 7.80. The Morgan fingerprint density at radius 1 is 1.00 bits per heavy atom. The number of hydrogen-bond acceptors (Lipinski definition) is 4. The lowest BCUT2D eigenvalue weighted by Gasteiger charge is -2.35. The topological polar surface area (TPSA) is 71.3 Å². The minimum Gasteiger partial charge on any atom is -0.334 e. The highest BCUT2D eigenvalue weighted by Crippen LogP contribution is 2.37. The molecule has 0 bridgehead atoms. The number of nitrogens with one attached hydrogen (secondary N) is 1. The number of aromatic nitrogens is 2. The Kier molecular flexibility index (Phi) is 5.44. The third-order valence-corrected chi connectivity index (χ3v) is 5.65. The molecule has 7 heteroatoms. The molecule has 3 aromatic carbocycles. The molecule has 33 heavy (non-hydrogen) atoms. The quantitative estimate of drug-likeness (QED) is 0.440. The van der Waals surface area contributed by atoms with Crippen LogP contribution in [0.4, 0.5) is 9.18 Å². The standard InChI is InChI=1S/C26H21FN4O2/c1-17-22(25-29-24(30-33-25)20-13-8-14-21(27)15-20)23(19-11-6-3-7-12-19)28-26(32)31(17)16-18-9-4-2-5-10-18/h2-15,23H,16H2,1H3,(H,28,32). The fourth-order valence-electron chi connectivity index (χ4n) is 3.99. The number of amides is 2. The fourth-order valence-corrected chi connectivity index (χ4v) is 3.99. The number of carbonyl (C=O) groups excluding carboxylic acids is 1. The third kappa shape index (κ3) is 4.13. The van der Waals surface area contributed by atoms with Gasteiger partial charge in [-0.25, -0.2) is 9.18 Å². The molecule has 164 valence electrons. The molecule has 0 aliphatic carbocycles. The van der Waals surface area contributed by atoms with Gasteiger partial charge in [0, 0.05) is 11.3 Å². The summed E-state index contributed by atoms with van der Waals surface area (Å²) in [6.45, 7) is 2.27. The third-order valence-electron chi connectivity index (χ3n) is 5.65. The van der Waals surface area contributed by atoms with Gasteiger partial charge in [-0.05, 0) is 30.2 Å². The first kappa shape index (κ1) is 20.6. The van der Waals surface area contributed by atoms with Gasteiger partial charge >= 0.3 is 6.03 Å². The maximum Gasteiger partial charge on any atom is 0.322 e. The van der Waals surface area contributed by atoms with E-state index < -0.39 is 6.04 Å². The van der Waals surface area contributed by atoms with Crippen LogP contribution in [-0.4, -0.2) is 21.1 Å². The van der Waals surface area contributed by atoms with Crippen LogP contribution < -0.4 is 5.32 Å². The zero-order valence-electron chi connectivity index (χ0n) is 17.9. The molecule has 1 atom stereocenters. The van der Waals surface area contributed by atoms with Crippen LogP contribution in [-0.2, 0) is 6.54 Å². The summed E-state index contributed by atoms with van der Waals surface area (Å²) in [6.07, 6.45) is 0. The van der Waals surface area contributed by atoms with Crippen LogP contribution in [0.3, 0.4) is 0 Å². The largest absolute Gasteiger partial charge is 0.334 e. The van der Waals surface area contributed by atoms with Crippen LogP contribution in [0.2, 0.25) is 0 Å². The van der Waals surface area contributed by atoms with Crippen LogP contribution in [0.15, 0.2) is 95.1 Å². The average Bonchev–Trinajstić information content (AvgIpc) is 3.32. The Balaban J connectivity index is 1.60. The van der Waals surface area contributed by atoms with Crippen molar-refractivity contribution in [3.8, 4) is 11.4 Å². The molecule has 5 rings (SSSR count). The van der Waals surface area contributed by atoms with Crippen molar-refractivity contribution in [3.63, 3.8) is 0 Å². The van der Waals surface area contributed by atoms with Gasteiger partial charge in [0.15, 0.2) is 0 Å². The predicted octanol–water partition coefficient (Wildman–Crippen LogP) is 5.57. The van der Waals surface area contributed by atoms with Gasteiger partial charge in [-0.15, -0.1) is 0 Å². The average molecular weight is 440 g/mol. The summed E-state index contributed by atoms with van der Waals surface area (Å²) in [7, 11) is 0. The van der Waals surface area contributed by atoms with Gasteiger partial charge in [0.2, 0.25) is 5.82 Å².